The first-order valence-electron chi connectivity index (χ1n) is 8.63. The Labute approximate surface area is 147 Å². The molecule has 2 aromatic carbocycles. The standard InChI is InChI=1S/C20H23NO4/c22-20(23)7-4-13-21-14-12-19(15-21)25-18-10-8-17(9-11-18)24-16-5-2-1-3-6-16/h1-3,5-6,8-11,19H,4,7,12-15H2,(H,22,23)/t19-/m0/s1. The van der Waals surface area contributed by atoms with E-state index in [9.17, 15) is 4.79 Å². The topological polar surface area (TPSA) is 59.0 Å². The van der Waals surface area contributed by atoms with E-state index in [1.165, 1.54) is 0 Å². The predicted octanol–water partition coefficient (Wildman–Crippen LogP) is 3.80. The maximum absolute atomic E-state index is 10.6. The molecule has 5 heteroatoms. The van der Waals surface area contributed by atoms with Crippen molar-refractivity contribution < 1.29 is 19.4 Å². The average molecular weight is 341 g/mol. The minimum absolute atomic E-state index is 0.158. The summed E-state index contributed by atoms with van der Waals surface area (Å²) in [6.07, 6.45) is 2.04. The second-order valence-corrected chi connectivity index (χ2v) is 6.21. The van der Waals surface area contributed by atoms with E-state index in [4.69, 9.17) is 14.6 Å². The lowest BCUT2D eigenvalue weighted by molar-refractivity contribution is -0.137. The summed E-state index contributed by atoms with van der Waals surface area (Å²) in [7, 11) is 0. The first-order valence-corrected chi connectivity index (χ1v) is 8.63. The molecule has 0 amide bonds. The third-order valence-electron chi connectivity index (χ3n) is 4.20. The van der Waals surface area contributed by atoms with E-state index in [2.05, 4.69) is 4.90 Å². The predicted molar refractivity (Wildman–Crippen MR) is 95.3 cm³/mol. The molecule has 25 heavy (non-hydrogen) atoms. The van der Waals surface area contributed by atoms with E-state index in [1.807, 2.05) is 54.6 Å². The van der Waals surface area contributed by atoms with Crippen LogP contribution < -0.4 is 9.47 Å². The zero-order chi connectivity index (χ0) is 17.5. The summed E-state index contributed by atoms with van der Waals surface area (Å²) >= 11 is 0. The molecular formula is C20H23NO4. The number of nitrogens with zero attached hydrogens (tertiary/aromatic N) is 1. The number of carbonyl (C=O) groups is 1. The highest BCUT2D eigenvalue weighted by atomic mass is 16.5. The monoisotopic (exact) mass is 341 g/mol. The fourth-order valence-corrected chi connectivity index (χ4v) is 2.95. The average Bonchev–Trinajstić information content (AvgIpc) is 3.05. The van der Waals surface area contributed by atoms with Crippen LogP contribution in [0, 0.1) is 0 Å². The molecule has 0 unspecified atom stereocenters. The Kier molecular flexibility index (Phi) is 5.90. The van der Waals surface area contributed by atoms with Gasteiger partial charge in [0, 0.05) is 19.5 Å². The van der Waals surface area contributed by atoms with Crippen molar-refractivity contribution in [2.24, 2.45) is 0 Å². The maximum atomic E-state index is 10.6. The van der Waals surface area contributed by atoms with Crippen LogP contribution in [0.5, 0.6) is 17.2 Å². The smallest absolute Gasteiger partial charge is 0.303 e. The van der Waals surface area contributed by atoms with Crippen LogP contribution in [0.3, 0.4) is 0 Å². The second kappa shape index (κ2) is 8.53. The van der Waals surface area contributed by atoms with Crippen LogP contribution >= 0.6 is 0 Å². The number of rotatable bonds is 8. The lowest BCUT2D eigenvalue weighted by atomic mass is 10.3. The Balaban J connectivity index is 1.45. The molecule has 0 spiro atoms. The summed E-state index contributed by atoms with van der Waals surface area (Å²) in [4.78, 5) is 12.8. The van der Waals surface area contributed by atoms with Crippen LogP contribution in [0.25, 0.3) is 0 Å². The fraction of sp³-hybridized carbons (Fsp3) is 0.350. The molecule has 1 aliphatic rings. The molecule has 1 fully saturated rings. The SMILES string of the molecule is O=C(O)CCCN1CC[C@H](Oc2ccc(Oc3ccccc3)cc2)C1. The molecule has 0 aliphatic carbocycles. The lowest BCUT2D eigenvalue weighted by Gasteiger charge is -2.16. The minimum Gasteiger partial charge on any atom is -0.489 e. The van der Waals surface area contributed by atoms with E-state index in [0.717, 1.165) is 43.3 Å². The van der Waals surface area contributed by atoms with Gasteiger partial charge in [-0.3, -0.25) is 9.69 Å². The fourth-order valence-electron chi connectivity index (χ4n) is 2.95. The van der Waals surface area contributed by atoms with E-state index in [-0.39, 0.29) is 12.5 Å². The molecule has 5 nitrogen and oxygen atoms in total. The molecular weight excluding hydrogens is 318 g/mol. The summed E-state index contributed by atoms with van der Waals surface area (Å²) in [6.45, 7) is 2.62. The van der Waals surface area contributed by atoms with Crippen molar-refractivity contribution in [1.82, 2.24) is 4.90 Å². The molecule has 2 aromatic rings. The highest BCUT2D eigenvalue weighted by molar-refractivity contribution is 5.66. The van der Waals surface area contributed by atoms with Crippen LogP contribution in [0.2, 0.25) is 0 Å². The van der Waals surface area contributed by atoms with E-state index < -0.39 is 5.97 Å². The van der Waals surface area contributed by atoms with E-state index >= 15 is 0 Å². The van der Waals surface area contributed by atoms with Gasteiger partial charge < -0.3 is 14.6 Å². The number of hydrogen-bond acceptors (Lipinski definition) is 4. The molecule has 132 valence electrons. The quantitative estimate of drug-likeness (QED) is 0.791. The number of hydrogen-bond donors (Lipinski definition) is 1. The zero-order valence-electron chi connectivity index (χ0n) is 14.1. The first-order chi connectivity index (χ1) is 12.2. The summed E-state index contributed by atoms with van der Waals surface area (Å²) in [5.41, 5.74) is 0. The Morgan fingerprint density at radius 1 is 1.04 bits per heavy atom. The van der Waals surface area contributed by atoms with Crippen molar-refractivity contribution in [1.29, 1.82) is 0 Å². The van der Waals surface area contributed by atoms with Crippen LogP contribution in [-0.2, 0) is 4.79 Å². The van der Waals surface area contributed by atoms with Gasteiger partial charge in [0.2, 0.25) is 0 Å². The van der Waals surface area contributed by atoms with E-state index in [1.54, 1.807) is 0 Å². The molecule has 0 radical (unpaired) electrons. The lowest BCUT2D eigenvalue weighted by Crippen LogP contribution is -2.26. The molecule has 1 aliphatic heterocycles. The Morgan fingerprint density at radius 3 is 2.44 bits per heavy atom. The van der Waals surface area contributed by atoms with Gasteiger partial charge in [0.15, 0.2) is 0 Å². The molecule has 1 heterocycles. The number of ether oxygens (including phenoxy) is 2. The van der Waals surface area contributed by atoms with Crippen molar-refractivity contribution in [2.45, 2.75) is 25.4 Å². The maximum Gasteiger partial charge on any atom is 0.303 e. The summed E-state index contributed by atoms with van der Waals surface area (Å²) in [5.74, 6) is 1.69. The van der Waals surface area contributed by atoms with Gasteiger partial charge in [-0.1, -0.05) is 18.2 Å². The van der Waals surface area contributed by atoms with Gasteiger partial charge in [0.25, 0.3) is 0 Å². The molecule has 0 bridgehead atoms. The summed E-state index contributed by atoms with van der Waals surface area (Å²) in [5, 5.41) is 8.70. The first kappa shape index (κ1) is 17.3. The van der Waals surface area contributed by atoms with Crippen molar-refractivity contribution in [3.05, 3.63) is 54.6 Å². The third kappa shape index (κ3) is 5.50. The van der Waals surface area contributed by atoms with E-state index in [0.29, 0.717) is 6.42 Å². The second-order valence-electron chi connectivity index (χ2n) is 6.21. The number of likely N-dealkylation sites (tertiary alicyclic amines) is 1. The number of para-hydroxylation sites is 1. The Hall–Kier alpha value is -2.53. The van der Waals surface area contributed by atoms with Crippen molar-refractivity contribution in [3.8, 4) is 17.2 Å². The van der Waals surface area contributed by atoms with Crippen LogP contribution in [0.4, 0.5) is 0 Å². The zero-order valence-corrected chi connectivity index (χ0v) is 14.1. The summed E-state index contributed by atoms with van der Waals surface area (Å²) in [6, 6.07) is 17.3. The number of aliphatic carboxylic acids is 1. The molecule has 1 N–H and O–H groups in total. The van der Waals surface area contributed by atoms with Gasteiger partial charge in [-0.05, 0) is 55.8 Å². The highest BCUT2D eigenvalue weighted by Crippen LogP contribution is 2.25. The van der Waals surface area contributed by atoms with Crippen molar-refractivity contribution in [2.75, 3.05) is 19.6 Å². The van der Waals surface area contributed by atoms with Gasteiger partial charge in [-0.15, -0.1) is 0 Å². The molecule has 0 saturated carbocycles. The van der Waals surface area contributed by atoms with Crippen LogP contribution in [0.1, 0.15) is 19.3 Å². The minimum atomic E-state index is -0.732. The highest BCUT2D eigenvalue weighted by Gasteiger charge is 2.23. The third-order valence-corrected chi connectivity index (χ3v) is 4.20. The van der Waals surface area contributed by atoms with Gasteiger partial charge >= 0.3 is 5.97 Å². The molecule has 1 atom stereocenters. The van der Waals surface area contributed by atoms with Gasteiger partial charge in [-0.25, -0.2) is 0 Å². The normalized spacial score (nSPS) is 17.4. The van der Waals surface area contributed by atoms with Crippen LogP contribution in [-0.4, -0.2) is 41.7 Å². The Morgan fingerprint density at radius 2 is 1.72 bits per heavy atom. The Bertz CT molecular complexity index is 672. The summed E-state index contributed by atoms with van der Waals surface area (Å²) < 4.78 is 11.8. The number of benzene rings is 2. The molecule has 1 saturated heterocycles. The van der Waals surface area contributed by atoms with Crippen molar-refractivity contribution >= 4 is 5.97 Å². The van der Waals surface area contributed by atoms with Gasteiger partial charge in [-0.2, -0.15) is 0 Å². The van der Waals surface area contributed by atoms with Gasteiger partial charge in [0.1, 0.15) is 23.4 Å². The largest absolute Gasteiger partial charge is 0.489 e. The molecule has 3 rings (SSSR count). The number of carboxylic acid groups (broad SMARTS) is 1. The number of carboxylic acids is 1. The van der Waals surface area contributed by atoms with Gasteiger partial charge in [0.05, 0.1) is 0 Å². The van der Waals surface area contributed by atoms with Crippen LogP contribution in [0.15, 0.2) is 54.6 Å². The van der Waals surface area contributed by atoms with Crippen molar-refractivity contribution in [3.63, 3.8) is 0 Å². The molecule has 0 aromatic heterocycles.